The Morgan fingerprint density at radius 3 is 0.923 bits per heavy atom. The minimum Gasteiger partial charge on any atom is -0.248 e. The summed E-state index contributed by atoms with van der Waals surface area (Å²) in [6.07, 6.45) is 0. The van der Waals surface area contributed by atoms with Crippen molar-refractivity contribution in [2.45, 2.75) is 38.5 Å². The van der Waals surface area contributed by atoms with Gasteiger partial charge in [-0.3, -0.25) is 0 Å². The molecule has 0 fully saturated rings. The van der Waals surface area contributed by atoms with Gasteiger partial charge in [-0.25, -0.2) is 9.97 Å². The Labute approximate surface area is 458 Å². The highest BCUT2D eigenvalue weighted by Gasteiger charge is 2.36. The quantitative estimate of drug-likeness (QED) is 0.144. The molecule has 2 heteroatoms. The van der Waals surface area contributed by atoms with Gasteiger partial charge in [-0.2, -0.15) is 0 Å². The molecule has 0 saturated carbocycles. The van der Waals surface area contributed by atoms with Gasteiger partial charge in [-0.1, -0.05) is 252 Å². The van der Waals surface area contributed by atoms with E-state index in [0.717, 1.165) is 78.4 Å². The first-order valence-corrected chi connectivity index (χ1v) is 27.2. The number of nitrogens with zero attached hydrogens (tertiary/aromatic N) is 2. The maximum absolute atomic E-state index is 5.35. The Morgan fingerprint density at radius 1 is 0.192 bits per heavy atom. The minimum absolute atomic E-state index is 0.0475. The summed E-state index contributed by atoms with van der Waals surface area (Å²) in [7, 11) is 0. The summed E-state index contributed by atoms with van der Waals surface area (Å²) in [6.45, 7) is 9.37. The smallest absolute Gasteiger partial charge is 0.0715 e. The molecule has 78 heavy (non-hydrogen) atoms. The Morgan fingerprint density at radius 2 is 0.474 bits per heavy atom. The fourth-order valence-corrected chi connectivity index (χ4v) is 12.4. The van der Waals surface area contributed by atoms with Crippen molar-refractivity contribution in [1.82, 2.24) is 9.97 Å². The first kappa shape index (κ1) is 47.0. The summed E-state index contributed by atoms with van der Waals surface area (Å²) in [5.41, 5.74) is 30.5. The van der Waals surface area contributed by atoms with Gasteiger partial charge < -0.3 is 0 Å². The molecule has 2 aliphatic carbocycles. The number of pyridine rings is 2. The summed E-state index contributed by atoms with van der Waals surface area (Å²) in [6, 6.07) is 97.3. The van der Waals surface area contributed by atoms with Crippen LogP contribution in [0.1, 0.15) is 49.9 Å². The van der Waals surface area contributed by atoms with Crippen LogP contribution in [-0.4, -0.2) is 9.97 Å². The summed E-state index contributed by atoms with van der Waals surface area (Å²) in [4.78, 5) is 10.7. The summed E-state index contributed by atoms with van der Waals surface area (Å²) in [5, 5.41) is 0. The molecule has 0 spiro atoms. The standard InChI is InChI=1S/C76H56N2/c1-75(2)67-24-13-11-22-63(67)65-40-38-58(43-69(65)75)51-26-28-53(29-27-51)62-47-71(54-18-9-6-10-19-54)78-74(48-62)60-21-15-20-57(42-60)50-30-34-55(35-31-50)72-45-61(49-16-7-5-8-17-49)46-73(77-72)56-36-32-52(33-37-56)59-39-41-66-64-23-12-14-25-68(64)76(3,4)70(66)44-59/h5-48H,1-4H3. The second-order valence-corrected chi connectivity index (χ2v) is 22.2. The van der Waals surface area contributed by atoms with E-state index >= 15 is 0 Å². The lowest BCUT2D eigenvalue weighted by molar-refractivity contribution is 0.660. The number of aromatic nitrogens is 2. The molecule has 0 saturated heterocycles. The molecule has 370 valence electrons. The predicted molar refractivity (Wildman–Crippen MR) is 326 cm³/mol. The third-order valence-corrected chi connectivity index (χ3v) is 16.7. The molecule has 0 unspecified atom stereocenters. The summed E-state index contributed by atoms with van der Waals surface area (Å²) in [5.74, 6) is 0. The second kappa shape index (κ2) is 18.7. The van der Waals surface area contributed by atoms with Crippen molar-refractivity contribution in [1.29, 1.82) is 0 Å². The Hall–Kier alpha value is -9.50. The predicted octanol–water partition coefficient (Wildman–Crippen LogP) is 20.1. The summed E-state index contributed by atoms with van der Waals surface area (Å²) >= 11 is 0. The molecule has 0 atom stereocenters. The molecule has 0 N–H and O–H groups in total. The van der Waals surface area contributed by atoms with Crippen LogP contribution in [0.4, 0.5) is 0 Å². The normalized spacial score (nSPS) is 13.3. The van der Waals surface area contributed by atoms with Crippen LogP contribution < -0.4 is 0 Å². The molecule has 12 aromatic rings. The Balaban J connectivity index is 0.759. The Kier molecular flexibility index (Phi) is 11.2. The third kappa shape index (κ3) is 8.20. The molecule has 2 aromatic heterocycles. The fraction of sp³-hybridized carbons (Fsp3) is 0.0789. The molecule has 14 rings (SSSR count). The van der Waals surface area contributed by atoms with Crippen molar-refractivity contribution in [3.8, 4) is 123 Å². The van der Waals surface area contributed by atoms with Crippen LogP contribution in [0, 0.1) is 0 Å². The van der Waals surface area contributed by atoms with Gasteiger partial charge in [0.2, 0.25) is 0 Å². The van der Waals surface area contributed by atoms with E-state index in [1.165, 1.54) is 66.8 Å². The summed E-state index contributed by atoms with van der Waals surface area (Å²) < 4.78 is 0. The molecular formula is C76H56N2. The maximum atomic E-state index is 5.35. The maximum Gasteiger partial charge on any atom is 0.0715 e. The monoisotopic (exact) mass is 996 g/mol. The zero-order valence-electron chi connectivity index (χ0n) is 44.3. The highest BCUT2D eigenvalue weighted by Crippen LogP contribution is 2.51. The van der Waals surface area contributed by atoms with E-state index in [9.17, 15) is 0 Å². The zero-order valence-corrected chi connectivity index (χ0v) is 44.3. The van der Waals surface area contributed by atoms with Crippen LogP contribution in [0.25, 0.3) is 123 Å². The number of fused-ring (bicyclic) bond motifs is 6. The minimum atomic E-state index is -0.0491. The van der Waals surface area contributed by atoms with Gasteiger partial charge in [0.05, 0.1) is 22.8 Å². The van der Waals surface area contributed by atoms with Crippen LogP contribution in [-0.2, 0) is 10.8 Å². The molecule has 0 amide bonds. The number of rotatable bonds is 9. The van der Waals surface area contributed by atoms with Crippen molar-refractivity contribution in [3.63, 3.8) is 0 Å². The highest BCUT2D eigenvalue weighted by atomic mass is 14.7. The average molecular weight is 997 g/mol. The lowest BCUT2D eigenvalue weighted by Crippen LogP contribution is -2.14. The number of hydrogen-bond acceptors (Lipinski definition) is 2. The van der Waals surface area contributed by atoms with Gasteiger partial charge in [-0.05, 0) is 143 Å². The Bertz CT molecular complexity index is 4260. The first-order chi connectivity index (χ1) is 38.1. The molecule has 0 aliphatic heterocycles. The van der Waals surface area contributed by atoms with Crippen LogP contribution in [0.15, 0.2) is 267 Å². The van der Waals surface area contributed by atoms with Crippen molar-refractivity contribution < 1.29 is 0 Å². The van der Waals surface area contributed by atoms with Crippen LogP contribution in [0.3, 0.4) is 0 Å². The molecular weight excluding hydrogens is 941 g/mol. The molecule has 10 aromatic carbocycles. The van der Waals surface area contributed by atoms with E-state index in [1.54, 1.807) is 0 Å². The third-order valence-electron chi connectivity index (χ3n) is 16.7. The average Bonchev–Trinajstić information content (AvgIpc) is 4.00. The second-order valence-electron chi connectivity index (χ2n) is 22.2. The van der Waals surface area contributed by atoms with E-state index in [2.05, 4.69) is 295 Å². The van der Waals surface area contributed by atoms with Crippen molar-refractivity contribution >= 4 is 0 Å². The van der Waals surface area contributed by atoms with Gasteiger partial charge in [-0.15, -0.1) is 0 Å². The van der Waals surface area contributed by atoms with Crippen LogP contribution in [0.2, 0.25) is 0 Å². The molecule has 2 nitrogen and oxygen atoms in total. The van der Waals surface area contributed by atoms with E-state index in [0.29, 0.717) is 0 Å². The van der Waals surface area contributed by atoms with E-state index < -0.39 is 0 Å². The molecule has 2 heterocycles. The topological polar surface area (TPSA) is 25.8 Å². The lowest BCUT2D eigenvalue weighted by Gasteiger charge is -2.22. The van der Waals surface area contributed by atoms with Crippen molar-refractivity contribution in [2.24, 2.45) is 0 Å². The largest absolute Gasteiger partial charge is 0.248 e. The van der Waals surface area contributed by atoms with Gasteiger partial charge in [0, 0.05) is 33.1 Å². The number of hydrogen-bond donors (Lipinski definition) is 0. The van der Waals surface area contributed by atoms with Crippen molar-refractivity contribution in [3.05, 3.63) is 289 Å². The SMILES string of the molecule is CC1(C)c2ccccc2-c2ccc(-c3ccc(-c4cc(-c5ccccc5)nc(-c5cccc(-c6ccc(-c7cc(-c8ccccc8)cc(-c8ccc(-c9ccc%10c(c9)C(C)(C)c9ccccc9-%10)cc8)n7)cc6)c5)c4)cc3)cc21. The zero-order chi connectivity index (χ0) is 52.5. The van der Waals surface area contributed by atoms with Crippen molar-refractivity contribution in [2.75, 3.05) is 0 Å². The lowest BCUT2D eigenvalue weighted by atomic mass is 9.81. The molecule has 0 bridgehead atoms. The first-order valence-electron chi connectivity index (χ1n) is 27.2. The van der Waals surface area contributed by atoms with Gasteiger partial charge in [0.1, 0.15) is 0 Å². The molecule has 0 radical (unpaired) electrons. The van der Waals surface area contributed by atoms with Gasteiger partial charge >= 0.3 is 0 Å². The van der Waals surface area contributed by atoms with Crippen LogP contribution >= 0.6 is 0 Å². The van der Waals surface area contributed by atoms with E-state index in [4.69, 9.17) is 9.97 Å². The van der Waals surface area contributed by atoms with Gasteiger partial charge in [0.25, 0.3) is 0 Å². The highest BCUT2D eigenvalue weighted by molar-refractivity contribution is 5.87. The van der Waals surface area contributed by atoms with Crippen LogP contribution in [0.5, 0.6) is 0 Å². The van der Waals surface area contributed by atoms with E-state index in [1.807, 2.05) is 0 Å². The molecule has 2 aliphatic rings. The van der Waals surface area contributed by atoms with E-state index in [-0.39, 0.29) is 10.8 Å². The van der Waals surface area contributed by atoms with Gasteiger partial charge in [0.15, 0.2) is 0 Å². The fourth-order valence-electron chi connectivity index (χ4n) is 12.4. The number of benzene rings is 10.